The van der Waals surface area contributed by atoms with Gasteiger partial charge in [0.1, 0.15) is 0 Å². The molecular weight excluding hydrogens is 440 g/mol. The van der Waals surface area contributed by atoms with Crippen molar-refractivity contribution < 1.29 is 18.0 Å². The minimum atomic E-state index is -3.93. The zero-order valence-electron chi connectivity index (χ0n) is 18.0. The number of sulfonamides is 1. The van der Waals surface area contributed by atoms with Crippen LogP contribution in [0.1, 0.15) is 31.8 Å². The fourth-order valence-electron chi connectivity index (χ4n) is 3.37. The van der Waals surface area contributed by atoms with Crippen molar-refractivity contribution in [1.29, 1.82) is 0 Å². The van der Waals surface area contributed by atoms with Crippen LogP contribution in [0.25, 0.3) is 10.9 Å². The summed E-state index contributed by atoms with van der Waals surface area (Å²) in [7, 11) is -3.93. The molecule has 0 saturated heterocycles. The molecule has 4 aromatic rings. The molecule has 4 N–H and O–H groups in total. The highest BCUT2D eigenvalue weighted by Gasteiger charge is 2.20. The number of aromatic nitrogens is 1. The molecule has 33 heavy (non-hydrogen) atoms. The van der Waals surface area contributed by atoms with Gasteiger partial charge in [-0.25, -0.2) is 8.42 Å². The summed E-state index contributed by atoms with van der Waals surface area (Å²) in [6, 6.07) is 18.5. The molecule has 0 aliphatic carbocycles. The molecule has 4 rings (SSSR count). The van der Waals surface area contributed by atoms with Gasteiger partial charge in [-0.05, 0) is 49.7 Å². The first-order valence-corrected chi connectivity index (χ1v) is 11.6. The minimum absolute atomic E-state index is 0.0290. The van der Waals surface area contributed by atoms with Gasteiger partial charge in [-0.1, -0.05) is 42.0 Å². The molecule has 8 nitrogen and oxygen atoms in total. The van der Waals surface area contributed by atoms with Crippen LogP contribution in [0.2, 0.25) is 0 Å². The molecule has 0 saturated carbocycles. The van der Waals surface area contributed by atoms with E-state index in [2.05, 4.69) is 20.6 Å². The molecule has 0 aliphatic heterocycles. The Bertz CT molecular complexity index is 1460. The molecule has 3 aromatic carbocycles. The van der Waals surface area contributed by atoms with Crippen LogP contribution in [0.5, 0.6) is 0 Å². The molecule has 0 spiro atoms. The number of fused-ring (bicyclic) bond motifs is 1. The largest absolute Gasteiger partial charge is 0.360 e. The predicted molar refractivity (Wildman–Crippen MR) is 126 cm³/mol. The van der Waals surface area contributed by atoms with Crippen LogP contribution < -0.4 is 15.6 Å². The van der Waals surface area contributed by atoms with Gasteiger partial charge in [0.25, 0.3) is 21.8 Å². The second-order valence-electron chi connectivity index (χ2n) is 7.61. The first kappa shape index (κ1) is 22.1. The van der Waals surface area contributed by atoms with E-state index in [0.29, 0.717) is 16.8 Å². The number of benzene rings is 3. The number of rotatable bonds is 5. The molecule has 0 aliphatic rings. The second-order valence-corrected chi connectivity index (χ2v) is 9.26. The zero-order valence-corrected chi connectivity index (χ0v) is 18.8. The molecular formula is C24H22N4O4S. The molecule has 1 heterocycles. The Labute approximate surface area is 191 Å². The first-order chi connectivity index (χ1) is 15.7. The highest BCUT2D eigenvalue weighted by Crippen LogP contribution is 2.21. The lowest BCUT2D eigenvalue weighted by Crippen LogP contribution is -2.41. The van der Waals surface area contributed by atoms with Crippen LogP contribution >= 0.6 is 0 Å². The second kappa shape index (κ2) is 8.79. The van der Waals surface area contributed by atoms with Gasteiger partial charge in [0.05, 0.1) is 10.5 Å². The van der Waals surface area contributed by atoms with Crippen molar-refractivity contribution in [2.24, 2.45) is 0 Å². The van der Waals surface area contributed by atoms with Crippen LogP contribution in [0.15, 0.2) is 77.8 Å². The molecule has 168 valence electrons. The lowest BCUT2D eigenvalue weighted by atomic mass is 10.1. The first-order valence-electron chi connectivity index (χ1n) is 10.1. The Kier molecular flexibility index (Phi) is 5.89. The van der Waals surface area contributed by atoms with Gasteiger partial charge >= 0.3 is 0 Å². The van der Waals surface area contributed by atoms with Crippen LogP contribution in [-0.4, -0.2) is 25.2 Å². The quantitative estimate of drug-likeness (QED) is 0.338. The van der Waals surface area contributed by atoms with Crippen molar-refractivity contribution in [3.8, 4) is 0 Å². The van der Waals surface area contributed by atoms with Gasteiger partial charge in [-0.15, -0.1) is 0 Å². The number of aryl methyl sites for hydroxylation is 2. The van der Waals surface area contributed by atoms with Crippen molar-refractivity contribution in [1.82, 2.24) is 15.8 Å². The number of anilines is 1. The van der Waals surface area contributed by atoms with Crippen molar-refractivity contribution in [2.75, 3.05) is 4.72 Å². The van der Waals surface area contributed by atoms with Crippen LogP contribution in [0, 0.1) is 13.8 Å². The third kappa shape index (κ3) is 4.73. The van der Waals surface area contributed by atoms with Crippen LogP contribution in [0.3, 0.4) is 0 Å². The van der Waals surface area contributed by atoms with E-state index >= 15 is 0 Å². The van der Waals surface area contributed by atoms with E-state index in [-0.39, 0.29) is 10.5 Å². The Morgan fingerprint density at radius 1 is 0.848 bits per heavy atom. The van der Waals surface area contributed by atoms with Crippen molar-refractivity contribution in [2.45, 2.75) is 18.7 Å². The fourth-order valence-corrected chi connectivity index (χ4v) is 4.71. The lowest BCUT2D eigenvalue weighted by Gasteiger charge is -2.13. The topological polar surface area (TPSA) is 120 Å². The number of nitrogens with one attached hydrogen (secondary N) is 4. The summed E-state index contributed by atoms with van der Waals surface area (Å²) >= 11 is 0. The summed E-state index contributed by atoms with van der Waals surface area (Å²) in [6.07, 6.45) is 1.56. The standard InChI is InChI=1S/C24H22N4O4S/c1-15-7-11-18(12-8-15)28-33(31,32)22-13-17(10-9-16(22)2)23(29)26-27-24(30)20-14-25-21-6-4-3-5-19(20)21/h3-14,25,28H,1-2H3,(H,26,29)(H,27,30). The van der Waals surface area contributed by atoms with Crippen molar-refractivity contribution in [3.05, 3.63) is 95.2 Å². The monoisotopic (exact) mass is 462 g/mol. The summed E-state index contributed by atoms with van der Waals surface area (Å²) < 4.78 is 28.3. The number of aromatic amines is 1. The molecule has 0 radical (unpaired) electrons. The van der Waals surface area contributed by atoms with E-state index in [4.69, 9.17) is 0 Å². The number of hydrazine groups is 1. The Morgan fingerprint density at radius 3 is 2.30 bits per heavy atom. The average molecular weight is 463 g/mol. The summed E-state index contributed by atoms with van der Waals surface area (Å²) in [4.78, 5) is 28.1. The third-order valence-electron chi connectivity index (χ3n) is 5.17. The number of hydrogen-bond acceptors (Lipinski definition) is 4. The SMILES string of the molecule is Cc1ccc(NS(=O)(=O)c2cc(C(=O)NNC(=O)c3c[nH]c4ccccc34)ccc2C)cc1. The van der Waals surface area contributed by atoms with E-state index in [1.165, 1.54) is 12.1 Å². The lowest BCUT2D eigenvalue weighted by molar-refractivity contribution is 0.0847. The molecule has 2 amide bonds. The van der Waals surface area contributed by atoms with Gasteiger partial charge in [0.2, 0.25) is 0 Å². The number of carbonyl (C=O) groups is 2. The van der Waals surface area contributed by atoms with Gasteiger partial charge in [-0.2, -0.15) is 0 Å². The van der Waals surface area contributed by atoms with Crippen molar-refractivity contribution in [3.63, 3.8) is 0 Å². The van der Waals surface area contributed by atoms with Gasteiger partial charge < -0.3 is 4.98 Å². The molecule has 1 aromatic heterocycles. The van der Waals surface area contributed by atoms with Crippen molar-refractivity contribution >= 4 is 38.4 Å². The van der Waals surface area contributed by atoms with E-state index in [9.17, 15) is 18.0 Å². The maximum Gasteiger partial charge on any atom is 0.271 e. The predicted octanol–water partition coefficient (Wildman–Crippen LogP) is 3.66. The molecule has 0 bridgehead atoms. The fraction of sp³-hybridized carbons (Fsp3) is 0.0833. The summed E-state index contributed by atoms with van der Waals surface area (Å²) in [5.41, 5.74) is 7.87. The molecule has 0 unspecified atom stereocenters. The highest BCUT2D eigenvalue weighted by molar-refractivity contribution is 7.92. The Hall–Kier alpha value is -4.11. The maximum absolute atomic E-state index is 12.9. The third-order valence-corrected chi connectivity index (χ3v) is 6.69. The maximum atomic E-state index is 12.9. The summed E-state index contributed by atoms with van der Waals surface area (Å²) in [5.74, 6) is -1.14. The summed E-state index contributed by atoms with van der Waals surface area (Å²) in [5, 5.41) is 0.718. The number of hydrogen-bond donors (Lipinski definition) is 4. The molecule has 0 fully saturated rings. The highest BCUT2D eigenvalue weighted by atomic mass is 32.2. The number of carbonyl (C=O) groups excluding carboxylic acids is 2. The Balaban J connectivity index is 1.50. The summed E-state index contributed by atoms with van der Waals surface area (Å²) in [6.45, 7) is 3.55. The van der Waals surface area contributed by atoms with E-state index < -0.39 is 21.8 Å². The van der Waals surface area contributed by atoms with Gasteiger partial charge in [0.15, 0.2) is 0 Å². The minimum Gasteiger partial charge on any atom is -0.360 e. The van der Waals surface area contributed by atoms with Gasteiger partial charge in [-0.3, -0.25) is 25.2 Å². The normalized spacial score (nSPS) is 11.2. The van der Waals surface area contributed by atoms with Crippen LogP contribution in [0.4, 0.5) is 5.69 Å². The Morgan fingerprint density at radius 2 is 1.55 bits per heavy atom. The number of amides is 2. The van der Waals surface area contributed by atoms with Gasteiger partial charge in [0, 0.05) is 28.4 Å². The van der Waals surface area contributed by atoms with E-state index in [0.717, 1.165) is 16.5 Å². The molecule has 9 heteroatoms. The molecule has 0 atom stereocenters. The average Bonchev–Trinajstić information content (AvgIpc) is 3.23. The van der Waals surface area contributed by atoms with E-state index in [1.807, 2.05) is 25.1 Å². The number of H-pyrrole nitrogens is 1. The smallest absolute Gasteiger partial charge is 0.271 e. The number of para-hydroxylation sites is 1. The van der Waals surface area contributed by atoms with E-state index in [1.54, 1.807) is 49.5 Å². The zero-order chi connectivity index (χ0) is 23.6. The van der Waals surface area contributed by atoms with Crippen LogP contribution in [-0.2, 0) is 10.0 Å².